The van der Waals surface area contributed by atoms with Crippen LogP contribution in [0.4, 0.5) is 0 Å². The van der Waals surface area contributed by atoms with E-state index in [2.05, 4.69) is 126 Å². The predicted molar refractivity (Wildman–Crippen MR) is 157 cm³/mol. The largest absolute Gasteiger partial charge is 0.0807 e. The summed E-state index contributed by atoms with van der Waals surface area (Å²) in [6.07, 6.45) is 6.01. The van der Waals surface area contributed by atoms with Gasteiger partial charge in [0.2, 0.25) is 0 Å². The van der Waals surface area contributed by atoms with Crippen LogP contribution in [0.5, 0.6) is 0 Å². The quantitative estimate of drug-likeness (QED) is 0.190. The van der Waals surface area contributed by atoms with E-state index in [1.807, 2.05) is 0 Å². The average Bonchev–Trinajstić information content (AvgIpc) is 3.24. The van der Waals surface area contributed by atoms with Gasteiger partial charge in [0, 0.05) is 20.3 Å². The maximum Gasteiger partial charge on any atom is 0.0686 e. The molecule has 0 aliphatic heterocycles. The van der Waals surface area contributed by atoms with Gasteiger partial charge in [-0.15, -0.1) is 0 Å². The molecule has 4 aromatic rings. The molecule has 176 valence electrons. The lowest BCUT2D eigenvalue weighted by Crippen LogP contribution is -2.33. The van der Waals surface area contributed by atoms with Crippen molar-refractivity contribution in [3.05, 3.63) is 126 Å². The standard InChI is InChI=1S/C34H26Br2/c1-17-8-10-20-21-11-9-18(2)13-25(21)34(24(20)12-17)23-7-5-6-22-29(36)16-27-32(30(22)23)31-26(33(27,3)4)14-19(35)15-28(31)34/h5-10,12-16,21H,11H2,1-4H3. The van der Waals surface area contributed by atoms with E-state index in [0.717, 1.165) is 6.42 Å². The lowest BCUT2D eigenvalue weighted by molar-refractivity contribution is 0.657. The summed E-state index contributed by atoms with van der Waals surface area (Å²) in [5.74, 6) is 0.414. The van der Waals surface area contributed by atoms with Crippen LogP contribution >= 0.6 is 31.9 Å². The minimum Gasteiger partial charge on any atom is -0.0807 e. The lowest BCUT2D eigenvalue weighted by Gasteiger charge is -2.41. The zero-order chi connectivity index (χ0) is 24.7. The molecule has 2 atom stereocenters. The van der Waals surface area contributed by atoms with Crippen molar-refractivity contribution >= 4 is 42.6 Å². The second-order valence-corrected chi connectivity index (χ2v) is 13.5. The molecule has 2 unspecified atom stereocenters. The summed E-state index contributed by atoms with van der Waals surface area (Å²) in [5, 5.41) is 2.76. The summed E-state index contributed by atoms with van der Waals surface area (Å²) in [4.78, 5) is 0. The summed E-state index contributed by atoms with van der Waals surface area (Å²) in [6, 6.07) is 21.4. The minimum atomic E-state index is -0.291. The van der Waals surface area contributed by atoms with Crippen molar-refractivity contribution in [2.24, 2.45) is 0 Å². The van der Waals surface area contributed by atoms with Gasteiger partial charge < -0.3 is 0 Å². The van der Waals surface area contributed by atoms with Gasteiger partial charge in [-0.3, -0.25) is 0 Å². The molecular weight excluding hydrogens is 568 g/mol. The molecule has 0 N–H and O–H groups in total. The molecule has 0 saturated heterocycles. The first-order valence-corrected chi connectivity index (χ1v) is 14.4. The Balaban J connectivity index is 1.70. The first kappa shape index (κ1) is 21.6. The monoisotopic (exact) mass is 592 g/mol. The summed E-state index contributed by atoms with van der Waals surface area (Å²) in [6.45, 7) is 9.31. The van der Waals surface area contributed by atoms with Gasteiger partial charge in [-0.1, -0.05) is 105 Å². The van der Waals surface area contributed by atoms with Gasteiger partial charge >= 0.3 is 0 Å². The molecule has 0 aromatic heterocycles. The Bertz CT molecular complexity index is 1780. The molecule has 1 spiro atoms. The molecule has 0 saturated carbocycles. The number of fused-ring (bicyclic) bond motifs is 7. The zero-order valence-corrected chi connectivity index (χ0v) is 24.1. The van der Waals surface area contributed by atoms with Crippen LogP contribution in [0, 0.1) is 6.92 Å². The summed E-state index contributed by atoms with van der Waals surface area (Å²) in [5.41, 5.74) is 15.6. The van der Waals surface area contributed by atoms with E-state index in [1.54, 1.807) is 5.57 Å². The zero-order valence-electron chi connectivity index (χ0n) is 20.9. The number of rotatable bonds is 0. The van der Waals surface area contributed by atoms with Gasteiger partial charge in [-0.25, -0.2) is 0 Å². The third-order valence-corrected chi connectivity index (χ3v) is 10.6. The number of aryl methyl sites for hydroxylation is 1. The normalized spacial score (nSPS) is 23.6. The molecule has 0 fully saturated rings. The third kappa shape index (κ3) is 2.29. The van der Waals surface area contributed by atoms with Crippen LogP contribution in [0.3, 0.4) is 0 Å². The fourth-order valence-corrected chi connectivity index (χ4v) is 9.02. The van der Waals surface area contributed by atoms with E-state index < -0.39 is 0 Å². The molecule has 4 aliphatic rings. The third-order valence-electron chi connectivity index (χ3n) is 9.48. The van der Waals surface area contributed by atoms with Gasteiger partial charge in [-0.2, -0.15) is 0 Å². The maximum absolute atomic E-state index is 4.00. The van der Waals surface area contributed by atoms with E-state index in [1.165, 1.54) is 75.4 Å². The van der Waals surface area contributed by atoms with Crippen molar-refractivity contribution in [2.45, 2.75) is 50.9 Å². The number of halogens is 2. The van der Waals surface area contributed by atoms with Crippen molar-refractivity contribution in [1.82, 2.24) is 0 Å². The molecule has 0 bridgehead atoms. The fourth-order valence-electron chi connectivity index (χ4n) is 8.01. The number of hydrogen-bond acceptors (Lipinski definition) is 0. The molecule has 0 nitrogen and oxygen atoms in total. The van der Waals surface area contributed by atoms with Crippen molar-refractivity contribution in [2.75, 3.05) is 0 Å². The van der Waals surface area contributed by atoms with Crippen LogP contribution < -0.4 is 0 Å². The number of hydrogen-bond donors (Lipinski definition) is 0. The van der Waals surface area contributed by atoms with Crippen molar-refractivity contribution in [3.63, 3.8) is 0 Å². The highest BCUT2D eigenvalue weighted by molar-refractivity contribution is 9.11. The first-order chi connectivity index (χ1) is 17.2. The van der Waals surface area contributed by atoms with Gasteiger partial charge in [0.1, 0.15) is 0 Å². The molecule has 2 heteroatoms. The second kappa shape index (κ2) is 6.71. The molecule has 8 rings (SSSR count). The molecule has 0 heterocycles. The second-order valence-electron chi connectivity index (χ2n) is 11.7. The fraction of sp³-hybridized carbons (Fsp3) is 0.235. The van der Waals surface area contributed by atoms with Gasteiger partial charge in [0.05, 0.1) is 5.41 Å². The predicted octanol–water partition coefficient (Wildman–Crippen LogP) is 10.0. The minimum absolute atomic E-state index is 0.0667. The summed E-state index contributed by atoms with van der Waals surface area (Å²) < 4.78 is 2.37. The smallest absolute Gasteiger partial charge is 0.0686 e. The Morgan fingerprint density at radius 3 is 2.42 bits per heavy atom. The van der Waals surface area contributed by atoms with E-state index in [9.17, 15) is 0 Å². The Labute approximate surface area is 229 Å². The number of benzene rings is 4. The van der Waals surface area contributed by atoms with Crippen molar-refractivity contribution in [3.8, 4) is 11.1 Å². The van der Waals surface area contributed by atoms with Gasteiger partial charge in [0.15, 0.2) is 0 Å². The van der Waals surface area contributed by atoms with Crippen molar-refractivity contribution < 1.29 is 0 Å². The highest BCUT2D eigenvalue weighted by atomic mass is 79.9. The van der Waals surface area contributed by atoms with Gasteiger partial charge in [-0.05, 0) is 99.3 Å². The maximum atomic E-state index is 4.00. The van der Waals surface area contributed by atoms with E-state index in [4.69, 9.17) is 0 Å². The topological polar surface area (TPSA) is 0 Å². The number of allylic oxidation sites excluding steroid dienone is 4. The van der Waals surface area contributed by atoms with Crippen LogP contribution in [0.15, 0.2) is 86.8 Å². The highest BCUT2D eigenvalue weighted by Gasteiger charge is 2.56. The van der Waals surface area contributed by atoms with E-state index in [0.29, 0.717) is 5.92 Å². The van der Waals surface area contributed by atoms with E-state index >= 15 is 0 Å². The Hall–Kier alpha value is -2.42. The van der Waals surface area contributed by atoms with Crippen LogP contribution in [0.1, 0.15) is 72.1 Å². The Kier molecular flexibility index (Phi) is 4.04. The molecule has 0 radical (unpaired) electrons. The van der Waals surface area contributed by atoms with E-state index in [-0.39, 0.29) is 10.8 Å². The molecule has 0 amide bonds. The summed E-state index contributed by atoms with van der Waals surface area (Å²) in [7, 11) is 0. The average molecular weight is 594 g/mol. The van der Waals surface area contributed by atoms with Crippen LogP contribution in [-0.2, 0) is 10.8 Å². The van der Waals surface area contributed by atoms with Crippen molar-refractivity contribution in [1.29, 1.82) is 0 Å². The van der Waals surface area contributed by atoms with Crippen LogP contribution in [0.2, 0.25) is 0 Å². The molecule has 4 aliphatic carbocycles. The summed E-state index contributed by atoms with van der Waals surface area (Å²) >= 11 is 7.97. The van der Waals surface area contributed by atoms with Crippen LogP contribution in [0.25, 0.3) is 21.9 Å². The Morgan fingerprint density at radius 2 is 1.58 bits per heavy atom. The molecule has 4 aromatic carbocycles. The first-order valence-electron chi connectivity index (χ1n) is 12.9. The highest BCUT2D eigenvalue weighted by Crippen LogP contribution is 2.68. The Morgan fingerprint density at radius 1 is 0.806 bits per heavy atom. The lowest BCUT2D eigenvalue weighted by atomic mass is 9.60. The van der Waals surface area contributed by atoms with Crippen LogP contribution in [-0.4, -0.2) is 0 Å². The van der Waals surface area contributed by atoms with Gasteiger partial charge in [0.25, 0.3) is 0 Å². The molecule has 36 heavy (non-hydrogen) atoms. The SMILES string of the molecule is CC1=CCC2C(=C1)C1(c3cc(C)ccc32)c2cc(Br)cc3c2-c2c(cc(Br)c4cccc1c24)C3(C)C. The molecular formula is C34H26Br2.